The van der Waals surface area contributed by atoms with Gasteiger partial charge in [0.25, 0.3) is 0 Å². The topological polar surface area (TPSA) is 33.3 Å². The molecular weight excluding hydrogens is 154 g/mol. The zero-order valence-electron chi connectivity index (χ0n) is 7.45. The van der Waals surface area contributed by atoms with Crippen molar-refractivity contribution in [3.8, 4) is 5.75 Å². The Hall–Kier alpha value is -1.09. The second-order valence-electron chi connectivity index (χ2n) is 2.56. The van der Waals surface area contributed by atoms with Gasteiger partial charge in [-0.05, 0) is 13.0 Å². The molecule has 0 aliphatic carbocycles. The van der Waals surface area contributed by atoms with Crippen LogP contribution in [0.25, 0.3) is 0 Å². The van der Waals surface area contributed by atoms with Gasteiger partial charge in [-0.25, -0.2) is 0 Å². The van der Waals surface area contributed by atoms with Crippen LogP contribution in [-0.4, -0.2) is 11.7 Å². The number of hydrogen-bond donors (Lipinski definition) is 1. The second-order valence-corrected chi connectivity index (χ2v) is 2.56. The van der Waals surface area contributed by atoms with Gasteiger partial charge in [-0.1, -0.05) is 0 Å². The molecule has 1 rings (SSSR count). The first-order valence-electron chi connectivity index (χ1n) is 4.00. The molecule has 0 saturated carbocycles. The van der Waals surface area contributed by atoms with Crippen LogP contribution in [0.5, 0.6) is 5.75 Å². The van der Waals surface area contributed by atoms with Crippen LogP contribution < -0.4 is 9.30 Å². The number of rotatable bonds is 3. The van der Waals surface area contributed by atoms with Crippen LogP contribution in [-0.2, 0) is 13.7 Å². The monoisotopic (exact) mass is 168 g/mol. The molecule has 0 atom stereocenters. The van der Waals surface area contributed by atoms with Gasteiger partial charge in [0.15, 0.2) is 5.75 Å². The first-order valence-corrected chi connectivity index (χ1v) is 4.00. The van der Waals surface area contributed by atoms with Gasteiger partial charge in [0.05, 0.1) is 6.61 Å². The number of aliphatic hydroxyl groups is 1. The van der Waals surface area contributed by atoms with E-state index in [0.717, 1.165) is 11.4 Å². The summed E-state index contributed by atoms with van der Waals surface area (Å²) in [7, 11) is 1.88. The molecule has 1 N–H and O–H groups in total. The van der Waals surface area contributed by atoms with Crippen molar-refractivity contribution in [1.29, 1.82) is 0 Å². The molecule has 0 saturated heterocycles. The fraction of sp³-hybridized carbons (Fsp3) is 0.444. The van der Waals surface area contributed by atoms with Crippen molar-refractivity contribution in [3.05, 3.63) is 24.0 Å². The van der Waals surface area contributed by atoms with Crippen molar-refractivity contribution in [2.75, 3.05) is 6.61 Å². The first-order chi connectivity index (χ1) is 5.77. The zero-order chi connectivity index (χ0) is 8.97. The third-order valence-corrected chi connectivity index (χ3v) is 1.69. The molecule has 1 heterocycles. The minimum Gasteiger partial charge on any atom is -0.488 e. The smallest absolute Gasteiger partial charge is 0.211 e. The number of hydrogen-bond acceptors (Lipinski definition) is 2. The summed E-state index contributed by atoms with van der Waals surface area (Å²) in [5.74, 6) is 0.831. The molecule has 0 amide bonds. The lowest BCUT2D eigenvalue weighted by Crippen LogP contribution is -2.33. The number of ether oxygens (including phenoxy) is 1. The lowest BCUT2D eigenvalue weighted by molar-refractivity contribution is -0.681. The van der Waals surface area contributed by atoms with Gasteiger partial charge < -0.3 is 9.84 Å². The van der Waals surface area contributed by atoms with E-state index in [1.54, 1.807) is 0 Å². The quantitative estimate of drug-likeness (QED) is 0.663. The van der Waals surface area contributed by atoms with E-state index in [2.05, 4.69) is 0 Å². The van der Waals surface area contributed by atoms with Crippen molar-refractivity contribution in [2.24, 2.45) is 7.05 Å². The molecule has 1 aromatic rings. The zero-order valence-corrected chi connectivity index (χ0v) is 7.45. The summed E-state index contributed by atoms with van der Waals surface area (Å²) in [6, 6.07) is 3.71. The van der Waals surface area contributed by atoms with Gasteiger partial charge in [-0.3, -0.25) is 0 Å². The maximum Gasteiger partial charge on any atom is 0.211 e. The van der Waals surface area contributed by atoms with Crippen LogP contribution in [0, 0.1) is 0 Å². The number of aromatic nitrogens is 1. The van der Waals surface area contributed by atoms with E-state index >= 15 is 0 Å². The number of aryl methyl sites for hydroxylation is 1. The van der Waals surface area contributed by atoms with Crippen molar-refractivity contribution in [2.45, 2.75) is 13.5 Å². The van der Waals surface area contributed by atoms with Crippen molar-refractivity contribution >= 4 is 0 Å². The molecule has 0 spiro atoms. The average Bonchev–Trinajstić information content (AvgIpc) is 2.05. The summed E-state index contributed by atoms with van der Waals surface area (Å²) in [4.78, 5) is 0. The number of aliphatic hydroxyl groups excluding tert-OH is 1. The lowest BCUT2D eigenvalue weighted by atomic mass is 10.3. The standard InChI is InChI=1S/C9H14NO2/c1-3-12-9-5-4-8(7-11)10(2)6-9/h4-6,11H,3,7H2,1-2H3/q+1. The minimum absolute atomic E-state index is 0.0584. The van der Waals surface area contributed by atoms with Crippen LogP contribution in [0.15, 0.2) is 18.3 Å². The highest BCUT2D eigenvalue weighted by molar-refractivity contribution is 5.15. The molecule has 66 valence electrons. The van der Waals surface area contributed by atoms with E-state index in [0.29, 0.717) is 6.61 Å². The van der Waals surface area contributed by atoms with Gasteiger partial charge in [0, 0.05) is 6.07 Å². The van der Waals surface area contributed by atoms with Crippen LogP contribution >= 0.6 is 0 Å². The Balaban J connectivity index is 2.86. The van der Waals surface area contributed by atoms with Crippen LogP contribution in [0.2, 0.25) is 0 Å². The Kier molecular flexibility index (Phi) is 3.05. The molecule has 3 nitrogen and oxygen atoms in total. The Morgan fingerprint density at radius 1 is 1.50 bits per heavy atom. The highest BCUT2D eigenvalue weighted by Gasteiger charge is 2.05. The Morgan fingerprint density at radius 3 is 2.75 bits per heavy atom. The first kappa shape index (κ1) is 9.00. The molecule has 0 aliphatic heterocycles. The second kappa shape index (κ2) is 4.07. The Morgan fingerprint density at radius 2 is 2.25 bits per heavy atom. The molecular formula is C9H14NO2+. The minimum atomic E-state index is 0.0584. The summed E-state index contributed by atoms with van der Waals surface area (Å²) >= 11 is 0. The summed E-state index contributed by atoms with van der Waals surface area (Å²) < 4.78 is 7.14. The fourth-order valence-electron chi connectivity index (χ4n) is 1.03. The molecule has 0 radical (unpaired) electrons. The fourth-order valence-corrected chi connectivity index (χ4v) is 1.03. The van der Waals surface area contributed by atoms with Gasteiger partial charge in [0.2, 0.25) is 11.9 Å². The SMILES string of the molecule is CCOc1ccc(CO)[n+](C)c1. The molecule has 12 heavy (non-hydrogen) atoms. The molecule has 0 fully saturated rings. The van der Waals surface area contributed by atoms with E-state index in [1.807, 2.05) is 36.9 Å². The number of pyridine rings is 1. The Bertz CT molecular complexity index is 261. The molecule has 0 bridgehead atoms. The van der Waals surface area contributed by atoms with Crippen molar-refractivity contribution in [3.63, 3.8) is 0 Å². The summed E-state index contributed by atoms with van der Waals surface area (Å²) in [5, 5.41) is 8.88. The highest BCUT2D eigenvalue weighted by atomic mass is 16.5. The molecule has 0 unspecified atom stereocenters. The lowest BCUT2D eigenvalue weighted by Gasteiger charge is -2.01. The summed E-state index contributed by atoms with van der Waals surface area (Å²) in [5.41, 5.74) is 0.874. The normalized spacial score (nSPS) is 9.92. The van der Waals surface area contributed by atoms with Gasteiger partial charge in [-0.15, -0.1) is 0 Å². The third kappa shape index (κ3) is 1.95. The molecule has 0 aromatic carbocycles. The third-order valence-electron chi connectivity index (χ3n) is 1.69. The van der Waals surface area contributed by atoms with Crippen LogP contribution in [0.3, 0.4) is 0 Å². The van der Waals surface area contributed by atoms with Crippen LogP contribution in [0.4, 0.5) is 0 Å². The maximum atomic E-state index is 8.88. The predicted molar refractivity (Wildman–Crippen MR) is 44.7 cm³/mol. The van der Waals surface area contributed by atoms with Gasteiger partial charge in [-0.2, -0.15) is 4.57 Å². The maximum absolute atomic E-state index is 8.88. The predicted octanol–water partition coefficient (Wildman–Crippen LogP) is 0.402. The van der Waals surface area contributed by atoms with Gasteiger partial charge in [0.1, 0.15) is 13.7 Å². The Labute approximate surface area is 72.2 Å². The summed E-state index contributed by atoms with van der Waals surface area (Å²) in [6.45, 7) is 2.67. The highest BCUT2D eigenvalue weighted by Crippen LogP contribution is 2.06. The number of nitrogens with zero attached hydrogens (tertiary/aromatic N) is 1. The van der Waals surface area contributed by atoms with E-state index in [-0.39, 0.29) is 6.61 Å². The van der Waals surface area contributed by atoms with E-state index < -0.39 is 0 Å². The molecule has 3 heteroatoms. The van der Waals surface area contributed by atoms with Crippen molar-refractivity contribution < 1.29 is 14.4 Å². The largest absolute Gasteiger partial charge is 0.488 e. The molecule has 0 aliphatic rings. The van der Waals surface area contributed by atoms with Gasteiger partial charge >= 0.3 is 0 Å². The van der Waals surface area contributed by atoms with E-state index in [9.17, 15) is 0 Å². The van der Waals surface area contributed by atoms with Crippen molar-refractivity contribution in [1.82, 2.24) is 0 Å². The summed E-state index contributed by atoms with van der Waals surface area (Å²) in [6.07, 6.45) is 1.86. The average molecular weight is 168 g/mol. The van der Waals surface area contributed by atoms with Crippen LogP contribution in [0.1, 0.15) is 12.6 Å². The van der Waals surface area contributed by atoms with E-state index in [1.165, 1.54) is 0 Å². The van der Waals surface area contributed by atoms with E-state index in [4.69, 9.17) is 9.84 Å². The molecule has 1 aromatic heterocycles.